The number of aryl methyl sites for hydroxylation is 1. The number of carbonyl (C=O) groups is 1. The largest absolute Gasteiger partial charge is 0.299 e. The van der Waals surface area contributed by atoms with Crippen molar-refractivity contribution < 1.29 is 4.79 Å². The molecule has 0 bridgehead atoms. The summed E-state index contributed by atoms with van der Waals surface area (Å²) in [5.41, 5.74) is 1.32. The minimum Gasteiger partial charge on any atom is -0.299 e. The normalized spacial score (nSPS) is 18.2. The molecule has 1 saturated carbocycles. The number of hydrogen-bond acceptors (Lipinski definition) is 1. The van der Waals surface area contributed by atoms with Gasteiger partial charge in [-0.15, -0.1) is 0 Å². The number of Topliss-reactive ketones (excluding diaryl/α,β-unsaturated/α-hetero) is 1. The number of benzene rings is 1. The summed E-state index contributed by atoms with van der Waals surface area (Å²) in [6, 6.07) is 10.3. The first-order valence-electron chi connectivity index (χ1n) is 6.84. The van der Waals surface area contributed by atoms with Crippen LogP contribution in [-0.2, 0) is 11.2 Å². The van der Waals surface area contributed by atoms with Gasteiger partial charge in [0.15, 0.2) is 0 Å². The van der Waals surface area contributed by atoms with Crippen LogP contribution < -0.4 is 0 Å². The lowest BCUT2D eigenvalue weighted by Crippen LogP contribution is -2.27. The second-order valence-corrected chi connectivity index (χ2v) is 5.25. The molecule has 0 aliphatic heterocycles. The van der Waals surface area contributed by atoms with Crippen LogP contribution in [0.25, 0.3) is 0 Å². The number of ketones is 1. The van der Waals surface area contributed by atoms with E-state index in [1.807, 2.05) is 18.2 Å². The van der Waals surface area contributed by atoms with E-state index in [-0.39, 0.29) is 5.41 Å². The van der Waals surface area contributed by atoms with Crippen LogP contribution in [0, 0.1) is 5.41 Å². The Labute approximate surface area is 104 Å². The summed E-state index contributed by atoms with van der Waals surface area (Å²) < 4.78 is 0. The van der Waals surface area contributed by atoms with Crippen LogP contribution in [0.15, 0.2) is 30.3 Å². The van der Waals surface area contributed by atoms with Crippen LogP contribution in [0.4, 0.5) is 0 Å². The Morgan fingerprint density at radius 1 is 1.18 bits per heavy atom. The zero-order chi connectivity index (χ0) is 12.1. The molecule has 17 heavy (non-hydrogen) atoms. The van der Waals surface area contributed by atoms with Crippen molar-refractivity contribution in [2.24, 2.45) is 5.41 Å². The molecule has 1 aliphatic carbocycles. The topological polar surface area (TPSA) is 17.1 Å². The fourth-order valence-electron chi connectivity index (χ4n) is 3.05. The molecule has 1 aliphatic rings. The van der Waals surface area contributed by atoms with Gasteiger partial charge in [-0.1, -0.05) is 50.1 Å². The molecule has 1 fully saturated rings. The zero-order valence-corrected chi connectivity index (χ0v) is 10.7. The van der Waals surface area contributed by atoms with Crippen molar-refractivity contribution in [3.05, 3.63) is 35.9 Å². The average molecular weight is 230 g/mol. The lowest BCUT2D eigenvalue weighted by molar-refractivity contribution is -0.128. The van der Waals surface area contributed by atoms with Gasteiger partial charge in [0.25, 0.3) is 0 Å². The highest BCUT2D eigenvalue weighted by molar-refractivity contribution is 5.85. The highest BCUT2D eigenvalue weighted by Crippen LogP contribution is 2.42. The highest BCUT2D eigenvalue weighted by Gasteiger charge is 2.38. The Kier molecular flexibility index (Phi) is 3.98. The molecule has 0 N–H and O–H groups in total. The maximum absolute atomic E-state index is 12.4. The van der Waals surface area contributed by atoms with E-state index < -0.39 is 0 Å². The fraction of sp³-hybridized carbons (Fsp3) is 0.562. The fourth-order valence-corrected chi connectivity index (χ4v) is 3.05. The predicted octanol–water partition coefficient (Wildman–Crippen LogP) is 4.16. The molecule has 1 nitrogen and oxygen atoms in total. The van der Waals surface area contributed by atoms with Crippen LogP contribution in [-0.4, -0.2) is 5.78 Å². The number of carbonyl (C=O) groups excluding carboxylic acids is 1. The van der Waals surface area contributed by atoms with Crippen molar-refractivity contribution in [3.8, 4) is 0 Å². The molecule has 92 valence electrons. The lowest BCUT2D eigenvalue weighted by atomic mass is 9.77. The molecule has 0 unspecified atom stereocenters. The van der Waals surface area contributed by atoms with Gasteiger partial charge in [0.05, 0.1) is 0 Å². The molecule has 0 saturated heterocycles. The number of hydrogen-bond donors (Lipinski definition) is 0. The first kappa shape index (κ1) is 12.3. The maximum atomic E-state index is 12.4. The van der Waals surface area contributed by atoms with Crippen LogP contribution in [0.3, 0.4) is 0 Å². The summed E-state index contributed by atoms with van der Waals surface area (Å²) in [5, 5.41) is 0. The lowest BCUT2D eigenvalue weighted by Gasteiger charge is -2.25. The van der Waals surface area contributed by atoms with Crippen LogP contribution in [0.5, 0.6) is 0 Å². The van der Waals surface area contributed by atoms with Crippen molar-refractivity contribution in [2.45, 2.75) is 51.9 Å². The Hall–Kier alpha value is -1.11. The first-order valence-corrected chi connectivity index (χ1v) is 6.84. The van der Waals surface area contributed by atoms with Crippen LogP contribution in [0.2, 0.25) is 0 Å². The molecule has 0 atom stereocenters. The molecule has 2 rings (SSSR count). The third-order valence-corrected chi connectivity index (χ3v) is 4.31. The van der Waals surface area contributed by atoms with Gasteiger partial charge >= 0.3 is 0 Å². The van der Waals surface area contributed by atoms with Crippen molar-refractivity contribution in [3.63, 3.8) is 0 Å². The van der Waals surface area contributed by atoms with E-state index in [0.29, 0.717) is 5.78 Å². The van der Waals surface area contributed by atoms with Crippen LogP contribution >= 0.6 is 0 Å². The monoisotopic (exact) mass is 230 g/mol. The Morgan fingerprint density at radius 3 is 2.41 bits per heavy atom. The van der Waals surface area contributed by atoms with E-state index >= 15 is 0 Å². The Bertz CT molecular complexity index is 360. The van der Waals surface area contributed by atoms with Crippen molar-refractivity contribution >= 4 is 5.78 Å². The molecule has 1 aromatic rings. The van der Waals surface area contributed by atoms with Gasteiger partial charge in [-0.05, 0) is 31.2 Å². The van der Waals surface area contributed by atoms with Gasteiger partial charge in [-0.2, -0.15) is 0 Å². The van der Waals surface area contributed by atoms with Gasteiger partial charge in [-0.3, -0.25) is 4.79 Å². The summed E-state index contributed by atoms with van der Waals surface area (Å²) in [6.45, 7) is 2.17. The third-order valence-electron chi connectivity index (χ3n) is 4.31. The van der Waals surface area contributed by atoms with Crippen molar-refractivity contribution in [1.82, 2.24) is 0 Å². The SMILES string of the molecule is CCC1(C(=O)CCc2ccccc2)CCCC1. The molecular weight excluding hydrogens is 208 g/mol. The van der Waals surface area contributed by atoms with Gasteiger partial charge in [-0.25, -0.2) is 0 Å². The minimum atomic E-state index is 0.0365. The third kappa shape index (κ3) is 2.77. The molecule has 1 aromatic carbocycles. The molecule has 0 heterocycles. The Morgan fingerprint density at radius 2 is 1.82 bits per heavy atom. The summed E-state index contributed by atoms with van der Waals surface area (Å²) in [5.74, 6) is 0.501. The standard InChI is InChI=1S/C16H22O/c1-2-16(12-6-7-13-16)15(17)11-10-14-8-4-3-5-9-14/h3-5,8-9H,2,6-7,10-13H2,1H3. The quantitative estimate of drug-likeness (QED) is 0.742. The second kappa shape index (κ2) is 5.48. The first-order chi connectivity index (χ1) is 8.27. The summed E-state index contributed by atoms with van der Waals surface area (Å²) in [4.78, 5) is 12.4. The van der Waals surface area contributed by atoms with Crippen LogP contribution in [0.1, 0.15) is 51.0 Å². The average Bonchev–Trinajstić information content (AvgIpc) is 2.87. The van der Waals surface area contributed by atoms with E-state index in [1.165, 1.54) is 18.4 Å². The molecule has 0 aromatic heterocycles. The molecule has 1 heteroatoms. The van der Waals surface area contributed by atoms with Crippen molar-refractivity contribution in [2.75, 3.05) is 0 Å². The van der Waals surface area contributed by atoms with E-state index in [2.05, 4.69) is 19.1 Å². The minimum absolute atomic E-state index is 0.0365. The smallest absolute Gasteiger partial charge is 0.139 e. The van der Waals surface area contributed by atoms with E-state index in [9.17, 15) is 4.79 Å². The second-order valence-electron chi connectivity index (χ2n) is 5.25. The van der Waals surface area contributed by atoms with E-state index in [1.54, 1.807) is 0 Å². The summed E-state index contributed by atoms with van der Waals surface area (Å²) in [7, 11) is 0. The number of rotatable bonds is 5. The molecule has 0 radical (unpaired) electrons. The summed E-state index contributed by atoms with van der Waals surface area (Å²) >= 11 is 0. The molecule has 0 spiro atoms. The zero-order valence-electron chi connectivity index (χ0n) is 10.7. The summed E-state index contributed by atoms with van der Waals surface area (Å²) in [6.07, 6.45) is 7.38. The van der Waals surface area contributed by atoms with Gasteiger partial charge in [0.2, 0.25) is 0 Å². The van der Waals surface area contributed by atoms with Gasteiger partial charge in [0.1, 0.15) is 5.78 Å². The predicted molar refractivity (Wildman–Crippen MR) is 71.0 cm³/mol. The highest BCUT2D eigenvalue weighted by atomic mass is 16.1. The van der Waals surface area contributed by atoms with Crippen molar-refractivity contribution in [1.29, 1.82) is 0 Å². The molecule has 0 amide bonds. The van der Waals surface area contributed by atoms with Gasteiger partial charge < -0.3 is 0 Å². The van der Waals surface area contributed by atoms with Gasteiger partial charge in [0, 0.05) is 11.8 Å². The molecular formula is C16H22O. The maximum Gasteiger partial charge on any atom is 0.139 e. The van der Waals surface area contributed by atoms with E-state index in [4.69, 9.17) is 0 Å². The Balaban J connectivity index is 1.93. The van der Waals surface area contributed by atoms with E-state index in [0.717, 1.165) is 32.1 Å².